The van der Waals surface area contributed by atoms with Crippen LogP contribution >= 0.6 is 0 Å². The second-order valence-electron chi connectivity index (χ2n) is 6.02. The Bertz CT molecular complexity index is 865. The molecule has 1 fully saturated rings. The van der Waals surface area contributed by atoms with Gasteiger partial charge in [0.25, 0.3) is 5.91 Å². The molecular formula is C19H16F2N2O3. The maximum absolute atomic E-state index is 13.2. The first kappa shape index (κ1) is 17.7. The maximum Gasteiger partial charge on any atom is 0.325 e. The van der Waals surface area contributed by atoms with Crippen molar-refractivity contribution in [3.05, 3.63) is 71.3 Å². The summed E-state index contributed by atoms with van der Waals surface area (Å²) in [5.74, 6) is -2.01. The number of benzene rings is 2. The Morgan fingerprint density at radius 2 is 1.54 bits per heavy atom. The molecule has 1 atom stereocenters. The number of carbonyl (C=O) groups excluding carboxylic acids is 3. The number of carbonyl (C=O) groups is 3. The SMILES string of the molecule is CC[C@]1(c2ccc(F)cc2)NC(=O)N(CC(=O)c2ccc(F)cc2)C1=O. The molecule has 0 bridgehead atoms. The Kier molecular flexibility index (Phi) is 4.54. The Labute approximate surface area is 148 Å². The van der Waals surface area contributed by atoms with Gasteiger partial charge in [-0.3, -0.25) is 14.5 Å². The van der Waals surface area contributed by atoms with Gasteiger partial charge in [-0.25, -0.2) is 13.6 Å². The highest BCUT2D eigenvalue weighted by Gasteiger charge is 2.51. The molecule has 2 aromatic rings. The van der Waals surface area contributed by atoms with Crippen molar-refractivity contribution in [3.8, 4) is 0 Å². The molecule has 5 nitrogen and oxygen atoms in total. The number of amides is 3. The van der Waals surface area contributed by atoms with E-state index >= 15 is 0 Å². The molecule has 1 heterocycles. The highest BCUT2D eigenvalue weighted by molar-refractivity contribution is 6.11. The predicted molar refractivity (Wildman–Crippen MR) is 89.3 cm³/mol. The predicted octanol–water partition coefficient (Wildman–Crippen LogP) is 3.00. The molecule has 1 aliphatic rings. The zero-order chi connectivity index (χ0) is 18.9. The molecule has 0 radical (unpaired) electrons. The van der Waals surface area contributed by atoms with Gasteiger partial charge in [-0.05, 0) is 48.4 Å². The molecule has 3 rings (SSSR count). The van der Waals surface area contributed by atoms with E-state index in [0.717, 1.165) is 17.0 Å². The van der Waals surface area contributed by atoms with Crippen molar-refractivity contribution >= 4 is 17.7 Å². The number of ketones is 1. The minimum absolute atomic E-state index is 0.197. The maximum atomic E-state index is 13.2. The number of halogens is 2. The van der Waals surface area contributed by atoms with E-state index in [1.807, 2.05) is 0 Å². The van der Waals surface area contributed by atoms with Crippen LogP contribution in [0.25, 0.3) is 0 Å². The van der Waals surface area contributed by atoms with E-state index in [4.69, 9.17) is 0 Å². The van der Waals surface area contributed by atoms with Crippen LogP contribution in [0.15, 0.2) is 48.5 Å². The second kappa shape index (κ2) is 6.67. The number of imide groups is 1. The van der Waals surface area contributed by atoms with E-state index in [9.17, 15) is 23.2 Å². The zero-order valence-corrected chi connectivity index (χ0v) is 14.0. The van der Waals surface area contributed by atoms with Crippen LogP contribution in [0.2, 0.25) is 0 Å². The largest absolute Gasteiger partial charge is 0.325 e. The van der Waals surface area contributed by atoms with Gasteiger partial charge >= 0.3 is 6.03 Å². The minimum Gasteiger partial charge on any atom is -0.319 e. The molecule has 2 aromatic carbocycles. The van der Waals surface area contributed by atoms with Crippen LogP contribution in [-0.2, 0) is 10.3 Å². The Morgan fingerprint density at radius 1 is 1.00 bits per heavy atom. The van der Waals surface area contributed by atoms with E-state index in [-0.39, 0.29) is 12.0 Å². The van der Waals surface area contributed by atoms with Crippen molar-refractivity contribution in [3.63, 3.8) is 0 Å². The van der Waals surface area contributed by atoms with Gasteiger partial charge in [0.15, 0.2) is 5.78 Å². The summed E-state index contributed by atoms with van der Waals surface area (Å²) in [6.07, 6.45) is 0.241. The smallest absolute Gasteiger partial charge is 0.319 e. The van der Waals surface area contributed by atoms with E-state index < -0.39 is 41.4 Å². The molecule has 1 aliphatic heterocycles. The first-order valence-corrected chi connectivity index (χ1v) is 8.06. The number of Topliss-reactive ketones (excluding diaryl/α,β-unsaturated/α-hetero) is 1. The summed E-state index contributed by atoms with van der Waals surface area (Å²) in [5, 5.41) is 2.62. The van der Waals surface area contributed by atoms with Gasteiger partial charge in [0.1, 0.15) is 17.2 Å². The van der Waals surface area contributed by atoms with E-state index in [0.29, 0.717) is 5.56 Å². The van der Waals surface area contributed by atoms with Crippen LogP contribution in [0.3, 0.4) is 0 Å². The molecule has 0 aromatic heterocycles. The van der Waals surface area contributed by atoms with Crippen LogP contribution < -0.4 is 5.32 Å². The van der Waals surface area contributed by atoms with E-state index in [1.54, 1.807) is 6.92 Å². The standard InChI is InChI=1S/C19H16F2N2O3/c1-2-19(13-5-9-15(21)10-6-13)17(25)23(18(26)22-19)11-16(24)12-3-7-14(20)8-4-12/h3-10H,2,11H2,1H3,(H,22,26)/t19-/m1/s1. The highest BCUT2D eigenvalue weighted by Crippen LogP contribution is 2.32. The van der Waals surface area contributed by atoms with Gasteiger partial charge in [0.05, 0.1) is 6.54 Å². The summed E-state index contributed by atoms with van der Waals surface area (Å²) in [6, 6.07) is 9.44. The fourth-order valence-electron chi connectivity index (χ4n) is 3.01. The Morgan fingerprint density at radius 3 is 2.08 bits per heavy atom. The molecule has 134 valence electrons. The first-order valence-electron chi connectivity index (χ1n) is 8.06. The van der Waals surface area contributed by atoms with Crippen molar-refractivity contribution in [1.29, 1.82) is 0 Å². The number of nitrogens with one attached hydrogen (secondary N) is 1. The summed E-state index contributed by atoms with van der Waals surface area (Å²) in [7, 11) is 0. The molecule has 1 N–H and O–H groups in total. The zero-order valence-electron chi connectivity index (χ0n) is 14.0. The number of hydrogen-bond donors (Lipinski definition) is 1. The molecule has 3 amide bonds. The monoisotopic (exact) mass is 358 g/mol. The average Bonchev–Trinajstić information content (AvgIpc) is 2.88. The summed E-state index contributed by atoms with van der Waals surface area (Å²) >= 11 is 0. The molecule has 0 spiro atoms. The molecule has 26 heavy (non-hydrogen) atoms. The number of nitrogens with zero attached hydrogens (tertiary/aromatic N) is 1. The van der Waals surface area contributed by atoms with Gasteiger partial charge < -0.3 is 5.32 Å². The summed E-state index contributed by atoms with van der Waals surface area (Å²) < 4.78 is 26.2. The first-order chi connectivity index (χ1) is 12.4. The Balaban J connectivity index is 1.87. The van der Waals surface area contributed by atoms with E-state index in [1.165, 1.54) is 36.4 Å². The van der Waals surface area contributed by atoms with Crippen LogP contribution in [0.1, 0.15) is 29.3 Å². The number of hydrogen-bond acceptors (Lipinski definition) is 3. The normalized spacial score (nSPS) is 19.6. The lowest BCUT2D eigenvalue weighted by Gasteiger charge is -2.25. The third-order valence-electron chi connectivity index (χ3n) is 4.51. The fraction of sp³-hybridized carbons (Fsp3) is 0.211. The summed E-state index contributed by atoms with van der Waals surface area (Å²) in [4.78, 5) is 38.4. The van der Waals surface area contributed by atoms with Crippen molar-refractivity contribution in [2.45, 2.75) is 18.9 Å². The van der Waals surface area contributed by atoms with Crippen molar-refractivity contribution in [1.82, 2.24) is 10.2 Å². The third-order valence-corrected chi connectivity index (χ3v) is 4.51. The molecule has 1 saturated heterocycles. The number of urea groups is 1. The van der Waals surface area contributed by atoms with Crippen molar-refractivity contribution < 1.29 is 23.2 Å². The summed E-state index contributed by atoms with van der Waals surface area (Å²) in [6.45, 7) is 1.26. The minimum atomic E-state index is -1.34. The molecule has 7 heteroatoms. The van der Waals surface area contributed by atoms with Gasteiger partial charge in [-0.2, -0.15) is 0 Å². The van der Waals surface area contributed by atoms with Crippen LogP contribution in [0.5, 0.6) is 0 Å². The van der Waals surface area contributed by atoms with Crippen molar-refractivity contribution in [2.75, 3.05) is 6.54 Å². The number of rotatable bonds is 5. The molecule has 0 unspecified atom stereocenters. The third kappa shape index (κ3) is 2.96. The lowest BCUT2D eigenvalue weighted by atomic mass is 9.87. The average molecular weight is 358 g/mol. The lowest BCUT2D eigenvalue weighted by Crippen LogP contribution is -2.43. The quantitative estimate of drug-likeness (QED) is 0.660. The highest BCUT2D eigenvalue weighted by atomic mass is 19.1. The second-order valence-corrected chi connectivity index (χ2v) is 6.02. The fourth-order valence-corrected chi connectivity index (χ4v) is 3.01. The van der Waals surface area contributed by atoms with Gasteiger partial charge in [-0.1, -0.05) is 19.1 Å². The lowest BCUT2D eigenvalue weighted by molar-refractivity contribution is -0.131. The van der Waals surface area contributed by atoms with E-state index in [2.05, 4.69) is 5.32 Å². The molecule has 0 aliphatic carbocycles. The Hall–Kier alpha value is -3.09. The van der Waals surface area contributed by atoms with Crippen LogP contribution in [-0.4, -0.2) is 29.2 Å². The van der Waals surface area contributed by atoms with Crippen LogP contribution in [0, 0.1) is 11.6 Å². The molecular weight excluding hydrogens is 342 g/mol. The van der Waals surface area contributed by atoms with Crippen LogP contribution in [0.4, 0.5) is 13.6 Å². The van der Waals surface area contributed by atoms with Crippen molar-refractivity contribution in [2.24, 2.45) is 0 Å². The van der Waals surface area contributed by atoms with Gasteiger partial charge in [0, 0.05) is 5.56 Å². The topological polar surface area (TPSA) is 66.5 Å². The summed E-state index contributed by atoms with van der Waals surface area (Å²) in [5.41, 5.74) is -0.701. The van der Waals surface area contributed by atoms with Gasteiger partial charge in [-0.15, -0.1) is 0 Å². The molecule has 0 saturated carbocycles. The van der Waals surface area contributed by atoms with Gasteiger partial charge in [0.2, 0.25) is 0 Å².